The number of hydrogen-bond acceptors (Lipinski definition) is 1. The van der Waals surface area contributed by atoms with Gasteiger partial charge in [-0.25, -0.2) is 8.78 Å². The van der Waals surface area contributed by atoms with Gasteiger partial charge in [0, 0.05) is 16.6 Å². The first kappa shape index (κ1) is 11.4. The minimum Gasteiger partial charge on any atom is -0.324 e. The molecule has 1 nitrogen and oxygen atoms in total. The van der Waals surface area contributed by atoms with Gasteiger partial charge in [0.2, 0.25) is 0 Å². The van der Waals surface area contributed by atoms with Crippen molar-refractivity contribution in [1.82, 2.24) is 0 Å². The van der Waals surface area contributed by atoms with Gasteiger partial charge in [-0.2, -0.15) is 0 Å². The van der Waals surface area contributed by atoms with Crippen molar-refractivity contribution in [1.29, 1.82) is 0 Å². The smallest absolute Gasteiger partial charge is 0.132 e. The third kappa shape index (κ3) is 2.42. The van der Waals surface area contributed by atoms with Crippen molar-refractivity contribution in [2.75, 3.05) is 0 Å². The molecular formula is C10H12ClF2N. The highest BCUT2D eigenvalue weighted by atomic mass is 35.5. The van der Waals surface area contributed by atoms with E-state index in [0.717, 1.165) is 18.6 Å². The van der Waals surface area contributed by atoms with Gasteiger partial charge in [0.05, 0.1) is 0 Å². The van der Waals surface area contributed by atoms with Crippen LogP contribution < -0.4 is 5.73 Å². The van der Waals surface area contributed by atoms with E-state index in [0.29, 0.717) is 6.42 Å². The predicted octanol–water partition coefficient (Wildman–Crippen LogP) is 3.42. The second-order valence-electron chi connectivity index (χ2n) is 3.18. The van der Waals surface area contributed by atoms with Gasteiger partial charge in [-0.15, -0.1) is 0 Å². The summed E-state index contributed by atoms with van der Waals surface area (Å²) >= 11 is 5.48. The zero-order valence-corrected chi connectivity index (χ0v) is 8.61. The zero-order chi connectivity index (χ0) is 10.7. The minimum absolute atomic E-state index is 0.0486. The monoisotopic (exact) mass is 219 g/mol. The summed E-state index contributed by atoms with van der Waals surface area (Å²) in [4.78, 5) is 0. The third-order valence-corrected chi connectivity index (χ3v) is 2.23. The van der Waals surface area contributed by atoms with E-state index in [2.05, 4.69) is 0 Å². The molecule has 4 heteroatoms. The molecule has 14 heavy (non-hydrogen) atoms. The SMILES string of the molecule is CCC[C@@H](N)c1c(F)cc(Cl)cc1F. The molecule has 0 heterocycles. The van der Waals surface area contributed by atoms with Gasteiger partial charge >= 0.3 is 0 Å². The summed E-state index contributed by atoms with van der Waals surface area (Å²) in [6, 6.07) is 1.56. The fourth-order valence-corrected chi connectivity index (χ4v) is 1.55. The van der Waals surface area contributed by atoms with Gasteiger partial charge in [-0.1, -0.05) is 24.9 Å². The summed E-state index contributed by atoms with van der Waals surface area (Å²) < 4.78 is 26.6. The average Bonchev–Trinajstić information content (AvgIpc) is 2.01. The van der Waals surface area contributed by atoms with Gasteiger partial charge in [-0.3, -0.25) is 0 Å². The maximum atomic E-state index is 13.3. The maximum absolute atomic E-state index is 13.3. The molecule has 0 aliphatic heterocycles. The number of halogens is 3. The lowest BCUT2D eigenvalue weighted by Gasteiger charge is -2.12. The van der Waals surface area contributed by atoms with Crippen LogP contribution in [0.2, 0.25) is 5.02 Å². The summed E-state index contributed by atoms with van der Waals surface area (Å²) in [6.45, 7) is 1.91. The lowest BCUT2D eigenvalue weighted by Crippen LogP contribution is -2.13. The number of nitrogens with two attached hydrogens (primary N) is 1. The standard InChI is InChI=1S/C10H12ClF2N/c1-2-3-9(14)10-7(12)4-6(11)5-8(10)13/h4-5,9H,2-3,14H2,1H3/t9-/m1/s1. The molecule has 0 saturated carbocycles. The number of benzene rings is 1. The molecular weight excluding hydrogens is 208 g/mol. The molecule has 0 amide bonds. The van der Waals surface area contributed by atoms with Crippen molar-refractivity contribution >= 4 is 11.6 Å². The summed E-state index contributed by atoms with van der Waals surface area (Å²) in [5.41, 5.74) is 5.56. The maximum Gasteiger partial charge on any atom is 0.132 e. The lowest BCUT2D eigenvalue weighted by molar-refractivity contribution is 0.510. The van der Waals surface area contributed by atoms with Crippen LogP contribution in [0.15, 0.2) is 12.1 Å². The highest BCUT2D eigenvalue weighted by Gasteiger charge is 2.16. The van der Waals surface area contributed by atoms with E-state index in [1.807, 2.05) is 6.92 Å². The van der Waals surface area contributed by atoms with E-state index in [1.54, 1.807) is 0 Å². The topological polar surface area (TPSA) is 26.0 Å². The van der Waals surface area contributed by atoms with Crippen LogP contribution in [0.1, 0.15) is 31.4 Å². The second kappa shape index (κ2) is 4.71. The molecule has 0 radical (unpaired) electrons. The molecule has 78 valence electrons. The molecule has 0 fully saturated rings. The van der Waals surface area contributed by atoms with Crippen LogP contribution in [0.5, 0.6) is 0 Å². The van der Waals surface area contributed by atoms with Crippen molar-refractivity contribution in [3.63, 3.8) is 0 Å². The molecule has 0 saturated heterocycles. The van der Waals surface area contributed by atoms with Gasteiger partial charge < -0.3 is 5.73 Å². The van der Waals surface area contributed by atoms with Crippen LogP contribution in [0.4, 0.5) is 8.78 Å². The molecule has 1 atom stereocenters. The Hall–Kier alpha value is -0.670. The molecule has 0 aromatic heterocycles. The molecule has 1 rings (SSSR count). The highest BCUT2D eigenvalue weighted by molar-refractivity contribution is 6.30. The van der Waals surface area contributed by atoms with Gasteiger partial charge in [-0.05, 0) is 18.6 Å². The van der Waals surface area contributed by atoms with E-state index in [4.69, 9.17) is 17.3 Å². The third-order valence-electron chi connectivity index (χ3n) is 2.01. The molecule has 0 aliphatic carbocycles. The Kier molecular flexibility index (Phi) is 3.84. The van der Waals surface area contributed by atoms with Crippen molar-refractivity contribution in [3.05, 3.63) is 34.4 Å². The normalized spacial score (nSPS) is 12.9. The second-order valence-corrected chi connectivity index (χ2v) is 3.61. The average molecular weight is 220 g/mol. The van der Waals surface area contributed by atoms with Gasteiger partial charge in [0.1, 0.15) is 11.6 Å². The van der Waals surface area contributed by atoms with Crippen LogP contribution in [0.3, 0.4) is 0 Å². The predicted molar refractivity (Wildman–Crippen MR) is 53.2 cm³/mol. The fraction of sp³-hybridized carbons (Fsp3) is 0.400. The molecule has 0 bridgehead atoms. The van der Waals surface area contributed by atoms with Crippen molar-refractivity contribution in [3.8, 4) is 0 Å². The first-order valence-electron chi connectivity index (χ1n) is 4.46. The van der Waals surface area contributed by atoms with Crippen LogP contribution in [0, 0.1) is 11.6 Å². The summed E-state index contributed by atoms with van der Waals surface area (Å²) in [7, 11) is 0. The van der Waals surface area contributed by atoms with Crippen LogP contribution >= 0.6 is 11.6 Å². The summed E-state index contributed by atoms with van der Waals surface area (Å²) in [5.74, 6) is -1.34. The molecule has 1 aromatic rings. The highest BCUT2D eigenvalue weighted by Crippen LogP contribution is 2.25. The molecule has 0 unspecified atom stereocenters. The Morgan fingerprint density at radius 1 is 1.36 bits per heavy atom. The quantitative estimate of drug-likeness (QED) is 0.828. The molecule has 0 spiro atoms. The molecule has 0 aliphatic rings. The van der Waals surface area contributed by atoms with Crippen molar-refractivity contribution in [2.24, 2.45) is 5.73 Å². The van der Waals surface area contributed by atoms with Gasteiger partial charge in [0.25, 0.3) is 0 Å². The lowest BCUT2D eigenvalue weighted by atomic mass is 10.0. The van der Waals surface area contributed by atoms with E-state index in [-0.39, 0.29) is 10.6 Å². The Labute approximate surface area is 86.9 Å². The van der Waals surface area contributed by atoms with E-state index in [1.165, 1.54) is 0 Å². The van der Waals surface area contributed by atoms with E-state index in [9.17, 15) is 8.78 Å². The van der Waals surface area contributed by atoms with Crippen molar-refractivity contribution in [2.45, 2.75) is 25.8 Å². The number of rotatable bonds is 3. The first-order valence-corrected chi connectivity index (χ1v) is 4.84. The largest absolute Gasteiger partial charge is 0.324 e. The van der Waals surface area contributed by atoms with Crippen molar-refractivity contribution < 1.29 is 8.78 Å². The minimum atomic E-state index is -0.670. The van der Waals surface area contributed by atoms with E-state index >= 15 is 0 Å². The first-order chi connectivity index (χ1) is 6.56. The van der Waals surface area contributed by atoms with Crippen LogP contribution in [-0.4, -0.2) is 0 Å². The Morgan fingerprint density at radius 2 is 1.86 bits per heavy atom. The molecule has 1 aromatic carbocycles. The Bertz CT molecular complexity index is 305. The zero-order valence-electron chi connectivity index (χ0n) is 7.86. The van der Waals surface area contributed by atoms with Gasteiger partial charge in [0.15, 0.2) is 0 Å². The van der Waals surface area contributed by atoms with E-state index < -0.39 is 17.7 Å². The summed E-state index contributed by atoms with van der Waals surface area (Å²) in [6.07, 6.45) is 1.33. The van der Waals surface area contributed by atoms with Crippen LogP contribution in [-0.2, 0) is 0 Å². The van der Waals surface area contributed by atoms with Crippen LogP contribution in [0.25, 0.3) is 0 Å². The Balaban J connectivity index is 3.07. The number of hydrogen-bond donors (Lipinski definition) is 1. The summed E-state index contributed by atoms with van der Waals surface area (Å²) in [5, 5.41) is 0.0486. The fourth-order valence-electron chi connectivity index (χ4n) is 1.36. The Morgan fingerprint density at radius 3 is 2.29 bits per heavy atom. The molecule has 2 N–H and O–H groups in total.